The number of hydrogen-bond donors (Lipinski definition) is 2. The molecule has 0 aliphatic carbocycles. The highest BCUT2D eigenvalue weighted by atomic mass is 79.9. The van der Waals surface area contributed by atoms with Crippen molar-refractivity contribution in [2.24, 2.45) is 0 Å². The summed E-state index contributed by atoms with van der Waals surface area (Å²) in [4.78, 5) is 0. The third-order valence-corrected chi connectivity index (χ3v) is 2.97. The molecular formula is C10H11BrO3. The molecule has 2 rings (SSSR count). The van der Waals surface area contributed by atoms with Gasteiger partial charge in [-0.15, -0.1) is 0 Å². The van der Waals surface area contributed by atoms with Gasteiger partial charge in [0.05, 0.1) is 13.2 Å². The molecule has 0 saturated carbocycles. The summed E-state index contributed by atoms with van der Waals surface area (Å²) < 4.78 is 5.93. The normalized spacial score (nSPS) is 32.1. The molecular weight excluding hydrogens is 248 g/mol. The van der Waals surface area contributed by atoms with Gasteiger partial charge in [-0.05, 0) is 17.7 Å². The predicted octanol–water partition coefficient (Wildman–Crippen LogP) is 1.03. The van der Waals surface area contributed by atoms with Crippen LogP contribution < -0.4 is 0 Å². The maximum Gasteiger partial charge on any atom is 0.141 e. The molecule has 2 N–H and O–H groups in total. The third kappa shape index (κ3) is 1.59. The van der Waals surface area contributed by atoms with Gasteiger partial charge in [-0.3, -0.25) is 0 Å². The van der Waals surface area contributed by atoms with Crippen molar-refractivity contribution in [3.63, 3.8) is 0 Å². The molecule has 1 aromatic carbocycles. The number of aliphatic hydroxyl groups is 2. The number of benzene rings is 1. The molecule has 76 valence electrons. The first-order valence-corrected chi connectivity index (χ1v) is 5.16. The van der Waals surface area contributed by atoms with Crippen LogP contribution in [0.25, 0.3) is 0 Å². The van der Waals surface area contributed by atoms with Crippen LogP contribution in [-0.2, 0) is 10.3 Å². The maximum atomic E-state index is 10.2. The minimum absolute atomic E-state index is 0.143. The summed E-state index contributed by atoms with van der Waals surface area (Å²) in [6.07, 6.45) is -0.850. The first kappa shape index (κ1) is 10.1. The quantitative estimate of drug-likeness (QED) is 0.791. The molecule has 2 atom stereocenters. The second kappa shape index (κ2) is 3.62. The number of aliphatic hydroxyl groups excluding tert-OH is 1. The molecule has 0 amide bonds. The van der Waals surface area contributed by atoms with E-state index in [1.165, 1.54) is 0 Å². The van der Waals surface area contributed by atoms with Crippen LogP contribution in [0, 0.1) is 0 Å². The van der Waals surface area contributed by atoms with Crippen LogP contribution in [0.3, 0.4) is 0 Å². The van der Waals surface area contributed by atoms with Gasteiger partial charge < -0.3 is 14.9 Å². The molecule has 0 aromatic heterocycles. The maximum absolute atomic E-state index is 10.2. The van der Waals surface area contributed by atoms with Crippen LogP contribution in [0.1, 0.15) is 5.56 Å². The number of ether oxygens (including phenoxy) is 1. The van der Waals surface area contributed by atoms with Gasteiger partial charge in [-0.2, -0.15) is 0 Å². The van der Waals surface area contributed by atoms with Crippen LogP contribution in [0.4, 0.5) is 0 Å². The van der Waals surface area contributed by atoms with E-state index in [1.807, 2.05) is 12.1 Å². The Labute approximate surface area is 90.5 Å². The van der Waals surface area contributed by atoms with Gasteiger partial charge in [0.25, 0.3) is 0 Å². The Morgan fingerprint density at radius 3 is 2.86 bits per heavy atom. The molecule has 1 fully saturated rings. The fraction of sp³-hybridized carbons (Fsp3) is 0.400. The lowest BCUT2D eigenvalue weighted by Crippen LogP contribution is -2.38. The van der Waals surface area contributed by atoms with Crippen molar-refractivity contribution in [2.75, 3.05) is 13.2 Å². The van der Waals surface area contributed by atoms with Gasteiger partial charge in [0.1, 0.15) is 11.7 Å². The standard InChI is InChI=1S/C10H11BrO3/c11-8-3-1-2-7(4-8)10(13)6-14-5-9(10)12/h1-4,9,12-13H,5-6H2. The van der Waals surface area contributed by atoms with Crippen LogP contribution in [0.2, 0.25) is 0 Å². The summed E-state index contributed by atoms with van der Waals surface area (Å²) in [5.74, 6) is 0. The summed E-state index contributed by atoms with van der Waals surface area (Å²) in [7, 11) is 0. The molecule has 1 saturated heterocycles. The number of hydrogen-bond acceptors (Lipinski definition) is 3. The SMILES string of the molecule is OC1COCC1(O)c1cccc(Br)c1. The molecule has 0 radical (unpaired) electrons. The Morgan fingerprint density at radius 1 is 1.50 bits per heavy atom. The van der Waals surface area contributed by atoms with Gasteiger partial charge in [0, 0.05) is 4.47 Å². The monoisotopic (exact) mass is 258 g/mol. The lowest BCUT2D eigenvalue weighted by molar-refractivity contribution is -0.0477. The zero-order valence-corrected chi connectivity index (χ0v) is 9.07. The van der Waals surface area contributed by atoms with Crippen molar-refractivity contribution in [3.8, 4) is 0 Å². The molecule has 0 bridgehead atoms. The Kier molecular flexibility index (Phi) is 2.62. The van der Waals surface area contributed by atoms with Crippen LogP contribution in [0.5, 0.6) is 0 Å². The highest BCUT2D eigenvalue weighted by Crippen LogP contribution is 2.31. The van der Waals surface area contributed by atoms with Crippen molar-refractivity contribution in [2.45, 2.75) is 11.7 Å². The second-order valence-electron chi connectivity index (χ2n) is 3.47. The lowest BCUT2D eigenvalue weighted by Gasteiger charge is -2.25. The smallest absolute Gasteiger partial charge is 0.141 e. The van der Waals surface area contributed by atoms with Crippen molar-refractivity contribution >= 4 is 15.9 Å². The van der Waals surface area contributed by atoms with Gasteiger partial charge in [0.2, 0.25) is 0 Å². The van der Waals surface area contributed by atoms with Crippen LogP contribution in [0.15, 0.2) is 28.7 Å². The Bertz CT molecular complexity index is 342. The van der Waals surface area contributed by atoms with E-state index in [-0.39, 0.29) is 13.2 Å². The predicted molar refractivity (Wildman–Crippen MR) is 54.9 cm³/mol. The molecule has 4 heteroatoms. The van der Waals surface area contributed by atoms with E-state index in [2.05, 4.69) is 15.9 Å². The first-order chi connectivity index (χ1) is 6.63. The van der Waals surface area contributed by atoms with E-state index in [9.17, 15) is 10.2 Å². The Morgan fingerprint density at radius 2 is 2.29 bits per heavy atom. The summed E-state index contributed by atoms with van der Waals surface area (Å²) in [6, 6.07) is 7.26. The minimum atomic E-state index is -1.26. The van der Waals surface area contributed by atoms with E-state index < -0.39 is 11.7 Å². The average molecular weight is 259 g/mol. The summed E-state index contributed by atoms with van der Waals surface area (Å²) in [5.41, 5.74) is -0.582. The molecule has 2 unspecified atom stereocenters. The average Bonchev–Trinajstić information content (AvgIpc) is 2.49. The van der Waals surface area contributed by atoms with Gasteiger partial charge >= 0.3 is 0 Å². The largest absolute Gasteiger partial charge is 0.387 e. The fourth-order valence-corrected chi connectivity index (χ4v) is 1.99. The topological polar surface area (TPSA) is 49.7 Å². The molecule has 0 spiro atoms. The summed E-state index contributed by atoms with van der Waals surface area (Å²) in [6.45, 7) is 0.327. The molecule has 1 aromatic rings. The van der Waals surface area contributed by atoms with E-state index in [0.717, 1.165) is 4.47 Å². The molecule has 14 heavy (non-hydrogen) atoms. The van der Waals surface area contributed by atoms with E-state index in [0.29, 0.717) is 5.56 Å². The first-order valence-electron chi connectivity index (χ1n) is 4.37. The molecule has 1 heterocycles. The highest BCUT2D eigenvalue weighted by Gasteiger charge is 2.42. The molecule has 1 aliphatic heterocycles. The Hall–Kier alpha value is -0.420. The number of rotatable bonds is 1. The second-order valence-corrected chi connectivity index (χ2v) is 4.38. The van der Waals surface area contributed by atoms with Crippen molar-refractivity contribution in [1.29, 1.82) is 0 Å². The van der Waals surface area contributed by atoms with Crippen molar-refractivity contribution in [1.82, 2.24) is 0 Å². The van der Waals surface area contributed by atoms with Crippen molar-refractivity contribution < 1.29 is 14.9 Å². The zero-order chi connectivity index (χ0) is 10.2. The van der Waals surface area contributed by atoms with E-state index in [1.54, 1.807) is 12.1 Å². The third-order valence-electron chi connectivity index (χ3n) is 2.47. The van der Waals surface area contributed by atoms with Crippen LogP contribution >= 0.6 is 15.9 Å². The fourth-order valence-electron chi connectivity index (χ4n) is 1.59. The van der Waals surface area contributed by atoms with Gasteiger partial charge in [0.15, 0.2) is 0 Å². The summed E-state index contributed by atoms with van der Waals surface area (Å²) >= 11 is 3.32. The number of halogens is 1. The summed E-state index contributed by atoms with van der Waals surface area (Å²) in [5, 5.41) is 19.8. The zero-order valence-electron chi connectivity index (χ0n) is 7.48. The molecule has 1 aliphatic rings. The van der Waals surface area contributed by atoms with Crippen molar-refractivity contribution in [3.05, 3.63) is 34.3 Å². The van der Waals surface area contributed by atoms with E-state index >= 15 is 0 Å². The van der Waals surface area contributed by atoms with E-state index in [4.69, 9.17) is 4.74 Å². The minimum Gasteiger partial charge on any atom is -0.387 e. The van der Waals surface area contributed by atoms with Crippen LogP contribution in [-0.4, -0.2) is 29.5 Å². The Balaban J connectivity index is 2.38. The highest BCUT2D eigenvalue weighted by molar-refractivity contribution is 9.10. The molecule has 3 nitrogen and oxygen atoms in total. The van der Waals surface area contributed by atoms with Gasteiger partial charge in [-0.1, -0.05) is 28.1 Å². The van der Waals surface area contributed by atoms with Gasteiger partial charge in [-0.25, -0.2) is 0 Å². The lowest BCUT2D eigenvalue weighted by atomic mass is 9.91.